The molecule has 0 bridgehead atoms. The average molecular weight is 232 g/mol. The molecule has 17 heavy (non-hydrogen) atoms. The number of allylic oxidation sites excluding steroid dienone is 1. The first-order chi connectivity index (χ1) is 7.95. The highest BCUT2D eigenvalue weighted by atomic mass is 16.4. The van der Waals surface area contributed by atoms with E-state index in [4.69, 9.17) is 5.11 Å². The Bertz CT molecular complexity index is 433. The molecule has 0 radical (unpaired) electrons. The van der Waals surface area contributed by atoms with Crippen molar-refractivity contribution in [1.82, 2.24) is 0 Å². The van der Waals surface area contributed by atoms with Gasteiger partial charge in [-0.05, 0) is 49.5 Å². The van der Waals surface area contributed by atoms with E-state index in [1.54, 1.807) is 0 Å². The van der Waals surface area contributed by atoms with Gasteiger partial charge in [0.2, 0.25) is 0 Å². The minimum atomic E-state index is -0.779. The normalized spacial score (nSPS) is 11.6. The molecule has 0 spiro atoms. The molecule has 2 heteroatoms. The lowest BCUT2D eigenvalue weighted by Crippen LogP contribution is -1.97. The molecule has 1 aromatic rings. The zero-order valence-corrected chi connectivity index (χ0v) is 11.0. The summed E-state index contributed by atoms with van der Waals surface area (Å²) < 4.78 is 0. The summed E-state index contributed by atoms with van der Waals surface area (Å²) in [4.78, 5) is 10.6. The van der Waals surface area contributed by atoms with Gasteiger partial charge in [0.25, 0.3) is 0 Å². The Hall–Kier alpha value is -1.57. The van der Waals surface area contributed by atoms with Gasteiger partial charge in [0.05, 0.1) is 6.42 Å². The molecule has 0 unspecified atom stereocenters. The SMILES string of the molecule is CC/C(=C\CC(=O)O)c1c(C)cc(C)cc1C. The maximum Gasteiger partial charge on any atom is 0.307 e. The number of benzene rings is 1. The topological polar surface area (TPSA) is 37.3 Å². The van der Waals surface area contributed by atoms with Crippen LogP contribution in [0.5, 0.6) is 0 Å². The molecular weight excluding hydrogens is 212 g/mol. The molecule has 0 amide bonds. The van der Waals surface area contributed by atoms with Crippen LogP contribution in [-0.4, -0.2) is 11.1 Å². The summed E-state index contributed by atoms with van der Waals surface area (Å²) in [6.45, 7) is 8.31. The van der Waals surface area contributed by atoms with E-state index in [2.05, 4.69) is 39.8 Å². The molecule has 0 aliphatic rings. The van der Waals surface area contributed by atoms with E-state index in [-0.39, 0.29) is 6.42 Å². The molecule has 0 atom stereocenters. The number of carboxylic acids is 1. The van der Waals surface area contributed by atoms with Gasteiger partial charge in [-0.1, -0.05) is 30.7 Å². The van der Waals surface area contributed by atoms with Crippen molar-refractivity contribution < 1.29 is 9.90 Å². The number of rotatable bonds is 4. The van der Waals surface area contributed by atoms with Gasteiger partial charge in [-0.2, -0.15) is 0 Å². The van der Waals surface area contributed by atoms with Crippen molar-refractivity contribution >= 4 is 11.5 Å². The van der Waals surface area contributed by atoms with Gasteiger partial charge in [-0.15, -0.1) is 0 Å². The maximum atomic E-state index is 10.6. The Morgan fingerprint density at radius 2 is 1.76 bits per heavy atom. The van der Waals surface area contributed by atoms with Gasteiger partial charge in [-0.3, -0.25) is 4.79 Å². The number of carboxylic acid groups (broad SMARTS) is 1. The zero-order chi connectivity index (χ0) is 13.0. The van der Waals surface area contributed by atoms with Crippen molar-refractivity contribution in [2.24, 2.45) is 0 Å². The van der Waals surface area contributed by atoms with E-state index in [9.17, 15) is 4.79 Å². The van der Waals surface area contributed by atoms with Gasteiger partial charge >= 0.3 is 5.97 Å². The van der Waals surface area contributed by atoms with E-state index in [1.165, 1.54) is 22.3 Å². The summed E-state index contributed by atoms with van der Waals surface area (Å²) >= 11 is 0. The van der Waals surface area contributed by atoms with Crippen molar-refractivity contribution in [2.75, 3.05) is 0 Å². The number of aliphatic carboxylic acids is 1. The molecule has 0 aromatic heterocycles. The molecule has 92 valence electrons. The Kier molecular flexibility index (Phi) is 4.50. The highest BCUT2D eigenvalue weighted by molar-refractivity contribution is 5.76. The van der Waals surface area contributed by atoms with Crippen LogP contribution in [0.3, 0.4) is 0 Å². The Balaban J connectivity index is 3.21. The first kappa shape index (κ1) is 13.5. The maximum absolute atomic E-state index is 10.6. The molecule has 2 nitrogen and oxygen atoms in total. The molecule has 0 saturated heterocycles. The van der Waals surface area contributed by atoms with Crippen LogP contribution in [0.25, 0.3) is 5.57 Å². The third-order valence-corrected chi connectivity index (χ3v) is 2.90. The van der Waals surface area contributed by atoms with Crippen molar-refractivity contribution in [1.29, 1.82) is 0 Å². The summed E-state index contributed by atoms with van der Waals surface area (Å²) in [5, 5.41) is 8.74. The van der Waals surface area contributed by atoms with Gasteiger partial charge in [0, 0.05) is 0 Å². The predicted octanol–water partition coefficient (Wildman–Crippen LogP) is 3.88. The quantitative estimate of drug-likeness (QED) is 0.855. The summed E-state index contributed by atoms with van der Waals surface area (Å²) in [5.74, 6) is -0.779. The summed E-state index contributed by atoms with van der Waals surface area (Å²) in [6.07, 6.45) is 2.78. The van der Waals surface area contributed by atoms with Crippen LogP contribution >= 0.6 is 0 Å². The highest BCUT2D eigenvalue weighted by Gasteiger charge is 2.08. The van der Waals surface area contributed by atoms with Gasteiger partial charge in [-0.25, -0.2) is 0 Å². The lowest BCUT2D eigenvalue weighted by molar-refractivity contribution is -0.135. The number of hydrogen-bond acceptors (Lipinski definition) is 1. The van der Waals surface area contributed by atoms with E-state index in [0.717, 1.165) is 12.0 Å². The van der Waals surface area contributed by atoms with Crippen molar-refractivity contribution in [2.45, 2.75) is 40.5 Å². The van der Waals surface area contributed by atoms with Crippen LogP contribution in [0, 0.1) is 20.8 Å². The fourth-order valence-electron chi connectivity index (χ4n) is 2.32. The molecule has 0 aliphatic heterocycles. The van der Waals surface area contributed by atoms with E-state index < -0.39 is 5.97 Å². The number of aryl methyl sites for hydroxylation is 3. The second-order valence-corrected chi connectivity index (χ2v) is 4.45. The second-order valence-electron chi connectivity index (χ2n) is 4.45. The number of carbonyl (C=O) groups is 1. The van der Waals surface area contributed by atoms with Gasteiger partial charge < -0.3 is 5.11 Å². The van der Waals surface area contributed by atoms with E-state index >= 15 is 0 Å². The van der Waals surface area contributed by atoms with Crippen molar-refractivity contribution in [3.8, 4) is 0 Å². The Morgan fingerprint density at radius 3 is 2.18 bits per heavy atom. The monoisotopic (exact) mass is 232 g/mol. The first-order valence-electron chi connectivity index (χ1n) is 5.94. The van der Waals surface area contributed by atoms with Crippen LogP contribution in [0.4, 0.5) is 0 Å². The Labute approximate surface area is 103 Å². The lowest BCUT2D eigenvalue weighted by Gasteiger charge is -2.13. The largest absolute Gasteiger partial charge is 0.481 e. The third kappa shape index (κ3) is 3.45. The standard InChI is InChI=1S/C15H20O2/c1-5-13(6-7-14(16)17)15-11(3)8-10(2)9-12(15)4/h6,8-9H,5,7H2,1-4H3,(H,16,17)/b13-6+. The minimum Gasteiger partial charge on any atom is -0.481 e. The lowest BCUT2D eigenvalue weighted by atomic mass is 9.92. The third-order valence-electron chi connectivity index (χ3n) is 2.90. The average Bonchev–Trinajstić information content (AvgIpc) is 2.21. The first-order valence-corrected chi connectivity index (χ1v) is 5.94. The minimum absolute atomic E-state index is 0.0932. The van der Waals surface area contributed by atoms with Crippen LogP contribution in [0.1, 0.15) is 42.0 Å². The van der Waals surface area contributed by atoms with Crippen LogP contribution in [-0.2, 0) is 4.79 Å². The molecule has 0 aliphatic carbocycles. The Morgan fingerprint density at radius 1 is 1.24 bits per heavy atom. The van der Waals surface area contributed by atoms with E-state index in [1.807, 2.05) is 6.08 Å². The second kappa shape index (κ2) is 5.67. The van der Waals surface area contributed by atoms with E-state index in [0.29, 0.717) is 0 Å². The van der Waals surface area contributed by atoms with Crippen LogP contribution in [0.15, 0.2) is 18.2 Å². The van der Waals surface area contributed by atoms with Crippen molar-refractivity contribution in [3.63, 3.8) is 0 Å². The number of hydrogen-bond donors (Lipinski definition) is 1. The van der Waals surface area contributed by atoms with Crippen LogP contribution in [0.2, 0.25) is 0 Å². The van der Waals surface area contributed by atoms with Gasteiger partial charge in [0.15, 0.2) is 0 Å². The molecule has 1 N–H and O–H groups in total. The smallest absolute Gasteiger partial charge is 0.307 e. The molecule has 0 heterocycles. The zero-order valence-electron chi connectivity index (χ0n) is 11.0. The van der Waals surface area contributed by atoms with Crippen LogP contribution < -0.4 is 0 Å². The molecule has 1 aromatic carbocycles. The molecule has 1 rings (SSSR count). The highest BCUT2D eigenvalue weighted by Crippen LogP contribution is 2.27. The summed E-state index contributed by atoms with van der Waals surface area (Å²) in [7, 11) is 0. The molecular formula is C15H20O2. The summed E-state index contributed by atoms with van der Waals surface area (Å²) in [5.41, 5.74) is 6.03. The summed E-state index contributed by atoms with van der Waals surface area (Å²) in [6, 6.07) is 4.29. The fraction of sp³-hybridized carbons (Fsp3) is 0.400. The van der Waals surface area contributed by atoms with Crippen molar-refractivity contribution in [3.05, 3.63) is 40.5 Å². The molecule has 0 saturated carbocycles. The fourth-order valence-corrected chi connectivity index (χ4v) is 2.32. The van der Waals surface area contributed by atoms with Gasteiger partial charge in [0.1, 0.15) is 0 Å². The predicted molar refractivity (Wildman–Crippen MR) is 71.2 cm³/mol. The molecule has 0 fully saturated rings.